The Kier molecular flexibility index (Phi) is 5.27. The highest BCUT2D eigenvalue weighted by molar-refractivity contribution is 7.99. The normalized spacial score (nSPS) is 17.3. The van der Waals surface area contributed by atoms with E-state index in [2.05, 4.69) is 29.4 Å². The minimum atomic E-state index is -0.652. The van der Waals surface area contributed by atoms with Crippen LogP contribution in [-0.4, -0.2) is 34.9 Å². The number of carbonyl (C=O) groups is 1. The first-order chi connectivity index (χ1) is 9.93. The van der Waals surface area contributed by atoms with Gasteiger partial charge in [0.15, 0.2) is 0 Å². The van der Waals surface area contributed by atoms with Crippen LogP contribution in [-0.2, 0) is 9.53 Å². The third kappa shape index (κ3) is 4.71. The second-order valence-electron chi connectivity index (χ2n) is 5.88. The predicted molar refractivity (Wildman–Crippen MR) is 85.6 cm³/mol. The van der Waals surface area contributed by atoms with Crippen LogP contribution in [0.1, 0.15) is 37.9 Å². The first-order valence-electron chi connectivity index (χ1n) is 7.46. The molecule has 1 N–H and O–H groups in total. The van der Waals surface area contributed by atoms with E-state index < -0.39 is 5.54 Å². The SMILES string of the molecule is CCOC(=O)C(C)(CSc1cc(C)cc(C)n1)NC1CC1. The number of pyridine rings is 1. The number of nitrogens with zero attached hydrogens (tertiary/aromatic N) is 1. The lowest BCUT2D eigenvalue weighted by Gasteiger charge is -2.28. The highest BCUT2D eigenvalue weighted by Gasteiger charge is 2.39. The summed E-state index contributed by atoms with van der Waals surface area (Å²) >= 11 is 1.61. The molecule has 116 valence electrons. The van der Waals surface area contributed by atoms with E-state index in [0.717, 1.165) is 23.6 Å². The van der Waals surface area contributed by atoms with Crippen molar-refractivity contribution >= 4 is 17.7 Å². The van der Waals surface area contributed by atoms with Gasteiger partial charge in [0.2, 0.25) is 0 Å². The number of aryl methyl sites for hydroxylation is 2. The fourth-order valence-electron chi connectivity index (χ4n) is 2.22. The van der Waals surface area contributed by atoms with Gasteiger partial charge in [0.1, 0.15) is 5.54 Å². The Labute approximate surface area is 131 Å². The zero-order valence-corrected chi connectivity index (χ0v) is 14.0. The monoisotopic (exact) mass is 308 g/mol. The van der Waals surface area contributed by atoms with Crippen molar-refractivity contribution in [2.45, 2.75) is 57.1 Å². The molecule has 1 fully saturated rings. The Morgan fingerprint density at radius 1 is 1.48 bits per heavy atom. The maximum atomic E-state index is 12.3. The molecule has 2 rings (SSSR count). The van der Waals surface area contributed by atoms with Gasteiger partial charge in [-0.3, -0.25) is 10.1 Å². The van der Waals surface area contributed by atoms with Crippen molar-refractivity contribution in [3.63, 3.8) is 0 Å². The quantitative estimate of drug-likeness (QED) is 0.620. The van der Waals surface area contributed by atoms with Crippen LogP contribution in [0.5, 0.6) is 0 Å². The van der Waals surface area contributed by atoms with Gasteiger partial charge in [0, 0.05) is 17.5 Å². The molecule has 0 spiro atoms. The topological polar surface area (TPSA) is 51.2 Å². The van der Waals surface area contributed by atoms with Gasteiger partial charge in [-0.1, -0.05) is 0 Å². The standard InChI is InChI=1S/C16H24N2O2S/c1-5-20-15(19)16(4,18-13-6-7-13)10-21-14-9-11(2)8-12(3)17-14/h8-9,13,18H,5-7,10H2,1-4H3. The summed E-state index contributed by atoms with van der Waals surface area (Å²) in [6.45, 7) is 8.23. The van der Waals surface area contributed by atoms with Crippen LogP contribution in [0.2, 0.25) is 0 Å². The number of thioether (sulfide) groups is 1. The molecule has 1 unspecified atom stereocenters. The number of ether oxygens (including phenoxy) is 1. The van der Waals surface area contributed by atoms with Gasteiger partial charge >= 0.3 is 5.97 Å². The lowest BCUT2D eigenvalue weighted by Crippen LogP contribution is -2.53. The van der Waals surface area contributed by atoms with Gasteiger partial charge in [-0.2, -0.15) is 0 Å². The Morgan fingerprint density at radius 2 is 2.19 bits per heavy atom. The Hall–Kier alpha value is -1.07. The molecule has 1 heterocycles. The third-order valence-electron chi connectivity index (χ3n) is 3.41. The summed E-state index contributed by atoms with van der Waals surface area (Å²) in [5.74, 6) is 0.451. The molecule has 1 aliphatic carbocycles. The smallest absolute Gasteiger partial charge is 0.326 e. The van der Waals surface area contributed by atoms with E-state index >= 15 is 0 Å². The minimum Gasteiger partial charge on any atom is -0.465 e. The van der Waals surface area contributed by atoms with E-state index in [9.17, 15) is 4.79 Å². The summed E-state index contributed by atoms with van der Waals surface area (Å²) in [5, 5.41) is 4.39. The number of nitrogens with one attached hydrogen (secondary N) is 1. The molecule has 1 aromatic rings. The van der Waals surface area contributed by atoms with Crippen molar-refractivity contribution in [1.29, 1.82) is 0 Å². The summed E-state index contributed by atoms with van der Waals surface area (Å²) < 4.78 is 5.24. The molecule has 0 aliphatic heterocycles. The van der Waals surface area contributed by atoms with Crippen molar-refractivity contribution in [3.8, 4) is 0 Å². The Morgan fingerprint density at radius 3 is 2.76 bits per heavy atom. The minimum absolute atomic E-state index is 0.172. The van der Waals surface area contributed by atoms with Crippen LogP contribution >= 0.6 is 11.8 Å². The Balaban J connectivity index is 2.05. The van der Waals surface area contributed by atoms with Crippen LogP contribution in [0, 0.1) is 13.8 Å². The summed E-state index contributed by atoms with van der Waals surface area (Å²) in [7, 11) is 0. The van der Waals surface area contributed by atoms with Gasteiger partial charge in [0.05, 0.1) is 11.6 Å². The van der Waals surface area contributed by atoms with Crippen LogP contribution in [0.25, 0.3) is 0 Å². The lowest BCUT2D eigenvalue weighted by atomic mass is 10.1. The van der Waals surface area contributed by atoms with E-state index in [1.165, 1.54) is 5.56 Å². The predicted octanol–water partition coefficient (Wildman–Crippen LogP) is 2.86. The summed E-state index contributed by atoms with van der Waals surface area (Å²) in [4.78, 5) is 16.8. The zero-order chi connectivity index (χ0) is 15.5. The fourth-order valence-corrected chi connectivity index (χ4v) is 3.34. The van der Waals surface area contributed by atoms with E-state index in [1.807, 2.05) is 20.8 Å². The number of aromatic nitrogens is 1. The van der Waals surface area contributed by atoms with Crippen molar-refractivity contribution < 1.29 is 9.53 Å². The number of hydrogen-bond donors (Lipinski definition) is 1. The van der Waals surface area contributed by atoms with E-state index in [-0.39, 0.29) is 5.97 Å². The molecular formula is C16H24N2O2S. The van der Waals surface area contributed by atoms with Crippen LogP contribution in [0.15, 0.2) is 17.2 Å². The van der Waals surface area contributed by atoms with Gasteiger partial charge in [0.25, 0.3) is 0 Å². The van der Waals surface area contributed by atoms with Crippen LogP contribution < -0.4 is 5.32 Å². The molecule has 0 saturated heterocycles. The molecule has 1 atom stereocenters. The molecule has 0 radical (unpaired) electrons. The molecule has 1 aromatic heterocycles. The third-order valence-corrected chi connectivity index (χ3v) is 4.64. The maximum Gasteiger partial charge on any atom is 0.326 e. The molecule has 21 heavy (non-hydrogen) atoms. The van der Waals surface area contributed by atoms with Crippen LogP contribution in [0.3, 0.4) is 0 Å². The van der Waals surface area contributed by atoms with Crippen molar-refractivity contribution in [3.05, 3.63) is 23.4 Å². The van der Waals surface area contributed by atoms with Crippen LogP contribution in [0.4, 0.5) is 0 Å². The van der Waals surface area contributed by atoms with Crippen molar-refractivity contribution in [2.75, 3.05) is 12.4 Å². The number of hydrogen-bond acceptors (Lipinski definition) is 5. The summed E-state index contributed by atoms with van der Waals surface area (Å²) in [6, 6.07) is 4.56. The molecule has 5 heteroatoms. The first kappa shape index (κ1) is 16.3. The van der Waals surface area contributed by atoms with E-state index in [0.29, 0.717) is 18.4 Å². The second kappa shape index (κ2) is 6.79. The molecule has 0 aromatic carbocycles. The Bertz CT molecular complexity index is 497. The summed E-state index contributed by atoms with van der Waals surface area (Å²) in [5.41, 5.74) is 1.55. The highest BCUT2D eigenvalue weighted by Crippen LogP contribution is 2.28. The zero-order valence-electron chi connectivity index (χ0n) is 13.2. The average molecular weight is 308 g/mol. The first-order valence-corrected chi connectivity index (χ1v) is 8.44. The number of rotatable bonds is 7. The maximum absolute atomic E-state index is 12.3. The average Bonchev–Trinajstić information content (AvgIpc) is 3.19. The van der Waals surface area contributed by atoms with Gasteiger partial charge < -0.3 is 4.74 Å². The molecule has 0 bridgehead atoms. The number of esters is 1. The number of carbonyl (C=O) groups excluding carboxylic acids is 1. The van der Waals surface area contributed by atoms with Gasteiger partial charge in [-0.05, 0) is 58.2 Å². The van der Waals surface area contributed by atoms with Crippen molar-refractivity contribution in [1.82, 2.24) is 10.3 Å². The largest absolute Gasteiger partial charge is 0.465 e. The molecule has 1 saturated carbocycles. The van der Waals surface area contributed by atoms with E-state index in [4.69, 9.17) is 4.74 Å². The molecular weight excluding hydrogens is 284 g/mol. The summed E-state index contributed by atoms with van der Waals surface area (Å²) in [6.07, 6.45) is 2.28. The molecule has 0 amide bonds. The van der Waals surface area contributed by atoms with E-state index in [1.54, 1.807) is 11.8 Å². The fraction of sp³-hybridized carbons (Fsp3) is 0.625. The highest BCUT2D eigenvalue weighted by atomic mass is 32.2. The van der Waals surface area contributed by atoms with Gasteiger partial charge in [-0.25, -0.2) is 4.98 Å². The lowest BCUT2D eigenvalue weighted by molar-refractivity contribution is -0.149. The van der Waals surface area contributed by atoms with Crippen molar-refractivity contribution in [2.24, 2.45) is 0 Å². The second-order valence-corrected chi connectivity index (χ2v) is 6.88. The molecule has 4 nitrogen and oxygen atoms in total. The van der Waals surface area contributed by atoms with Gasteiger partial charge in [-0.15, -0.1) is 11.8 Å². The molecule has 1 aliphatic rings.